The van der Waals surface area contributed by atoms with Gasteiger partial charge in [-0.1, -0.05) is 12.1 Å². The number of anilines is 1. The van der Waals surface area contributed by atoms with Crippen LogP contribution in [0.3, 0.4) is 0 Å². The van der Waals surface area contributed by atoms with Crippen molar-refractivity contribution in [2.75, 3.05) is 25.0 Å². The zero-order chi connectivity index (χ0) is 13.4. The summed E-state index contributed by atoms with van der Waals surface area (Å²) in [5.74, 6) is -0.0643. The SMILES string of the molecule is CCOC(C)CNCC(=O)Nc1ccccc1Br. The molecular weight excluding hydrogens is 296 g/mol. The molecule has 1 aromatic carbocycles. The molecule has 1 rings (SSSR count). The van der Waals surface area contributed by atoms with E-state index in [1.807, 2.05) is 38.1 Å². The lowest BCUT2D eigenvalue weighted by Crippen LogP contribution is -2.33. The van der Waals surface area contributed by atoms with Crippen LogP contribution in [0.25, 0.3) is 0 Å². The Bertz CT molecular complexity index is 385. The van der Waals surface area contributed by atoms with E-state index in [0.29, 0.717) is 13.2 Å². The molecule has 0 fully saturated rings. The molecule has 0 heterocycles. The van der Waals surface area contributed by atoms with E-state index in [9.17, 15) is 4.79 Å². The van der Waals surface area contributed by atoms with E-state index >= 15 is 0 Å². The van der Waals surface area contributed by atoms with Gasteiger partial charge < -0.3 is 15.4 Å². The standard InChI is InChI=1S/C13H19BrN2O2/c1-3-18-10(2)8-15-9-13(17)16-12-7-5-4-6-11(12)14/h4-7,10,15H,3,8-9H2,1-2H3,(H,16,17). The molecule has 0 bridgehead atoms. The Morgan fingerprint density at radius 3 is 2.83 bits per heavy atom. The summed E-state index contributed by atoms with van der Waals surface area (Å²) >= 11 is 3.38. The van der Waals surface area contributed by atoms with Crippen LogP contribution < -0.4 is 10.6 Å². The van der Waals surface area contributed by atoms with Gasteiger partial charge in [0.15, 0.2) is 0 Å². The van der Waals surface area contributed by atoms with Crippen LogP contribution in [0, 0.1) is 0 Å². The lowest BCUT2D eigenvalue weighted by Gasteiger charge is -2.12. The van der Waals surface area contributed by atoms with Crippen LogP contribution in [0.5, 0.6) is 0 Å². The summed E-state index contributed by atoms with van der Waals surface area (Å²) in [6, 6.07) is 7.53. The second-order valence-corrected chi connectivity index (χ2v) is 4.78. The molecule has 4 nitrogen and oxygen atoms in total. The fraction of sp³-hybridized carbons (Fsp3) is 0.462. The summed E-state index contributed by atoms with van der Waals surface area (Å²) in [6.07, 6.45) is 0.117. The number of hydrogen-bond acceptors (Lipinski definition) is 3. The van der Waals surface area contributed by atoms with Crippen molar-refractivity contribution >= 4 is 27.5 Å². The minimum atomic E-state index is -0.0643. The molecule has 1 aromatic rings. The predicted octanol–water partition coefficient (Wildman–Crippen LogP) is 2.40. The van der Waals surface area contributed by atoms with Crippen molar-refractivity contribution in [3.8, 4) is 0 Å². The van der Waals surface area contributed by atoms with Gasteiger partial charge in [-0.15, -0.1) is 0 Å². The highest BCUT2D eigenvalue weighted by molar-refractivity contribution is 9.10. The van der Waals surface area contributed by atoms with E-state index in [4.69, 9.17) is 4.74 Å². The minimum absolute atomic E-state index is 0.0643. The highest BCUT2D eigenvalue weighted by Crippen LogP contribution is 2.20. The molecule has 0 aliphatic heterocycles. The van der Waals surface area contributed by atoms with Crippen LogP contribution in [-0.2, 0) is 9.53 Å². The number of nitrogens with one attached hydrogen (secondary N) is 2. The molecule has 0 aliphatic rings. The molecule has 0 saturated heterocycles. The van der Waals surface area contributed by atoms with E-state index < -0.39 is 0 Å². The van der Waals surface area contributed by atoms with Crippen molar-refractivity contribution in [1.29, 1.82) is 0 Å². The van der Waals surface area contributed by atoms with Gasteiger partial charge in [-0.25, -0.2) is 0 Å². The van der Waals surface area contributed by atoms with Crippen molar-refractivity contribution in [2.24, 2.45) is 0 Å². The van der Waals surface area contributed by atoms with Gasteiger partial charge in [0, 0.05) is 17.6 Å². The maximum Gasteiger partial charge on any atom is 0.238 e. The molecule has 1 atom stereocenters. The quantitative estimate of drug-likeness (QED) is 0.812. The van der Waals surface area contributed by atoms with Gasteiger partial charge in [0.05, 0.1) is 18.3 Å². The fourth-order valence-corrected chi connectivity index (χ4v) is 1.87. The highest BCUT2D eigenvalue weighted by atomic mass is 79.9. The summed E-state index contributed by atoms with van der Waals surface area (Å²) in [6.45, 7) is 5.56. The second kappa shape index (κ2) is 8.24. The van der Waals surface area contributed by atoms with Gasteiger partial charge >= 0.3 is 0 Å². The Hall–Kier alpha value is -0.910. The molecule has 18 heavy (non-hydrogen) atoms. The molecule has 1 unspecified atom stereocenters. The van der Waals surface area contributed by atoms with Gasteiger partial charge in [-0.2, -0.15) is 0 Å². The average molecular weight is 315 g/mol. The lowest BCUT2D eigenvalue weighted by molar-refractivity contribution is -0.115. The number of hydrogen-bond donors (Lipinski definition) is 2. The summed E-state index contributed by atoms with van der Waals surface area (Å²) < 4.78 is 6.24. The van der Waals surface area contributed by atoms with Gasteiger partial charge in [0.25, 0.3) is 0 Å². The van der Waals surface area contributed by atoms with Crippen molar-refractivity contribution in [1.82, 2.24) is 5.32 Å². The van der Waals surface area contributed by atoms with E-state index in [1.165, 1.54) is 0 Å². The summed E-state index contributed by atoms with van der Waals surface area (Å²) in [7, 11) is 0. The molecule has 0 radical (unpaired) electrons. The summed E-state index contributed by atoms with van der Waals surface area (Å²) in [5, 5.41) is 5.88. The van der Waals surface area contributed by atoms with Crippen LogP contribution in [0.4, 0.5) is 5.69 Å². The first kappa shape index (κ1) is 15.1. The van der Waals surface area contributed by atoms with Gasteiger partial charge in [-0.3, -0.25) is 4.79 Å². The zero-order valence-corrected chi connectivity index (χ0v) is 12.3. The van der Waals surface area contributed by atoms with Crippen molar-refractivity contribution < 1.29 is 9.53 Å². The van der Waals surface area contributed by atoms with E-state index in [2.05, 4.69) is 26.6 Å². The van der Waals surface area contributed by atoms with E-state index in [-0.39, 0.29) is 18.6 Å². The Labute approximate surface area is 116 Å². The monoisotopic (exact) mass is 314 g/mol. The number of rotatable bonds is 7. The zero-order valence-electron chi connectivity index (χ0n) is 10.7. The van der Waals surface area contributed by atoms with E-state index in [0.717, 1.165) is 10.2 Å². The molecule has 1 amide bonds. The molecule has 0 spiro atoms. The normalized spacial score (nSPS) is 12.2. The molecule has 0 aliphatic carbocycles. The van der Waals surface area contributed by atoms with Crippen LogP contribution in [0.15, 0.2) is 28.7 Å². The molecule has 5 heteroatoms. The van der Waals surface area contributed by atoms with Crippen LogP contribution in [0.2, 0.25) is 0 Å². The number of carbonyl (C=O) groups is 1. The Morgan fingerprint density at radius 2 is 2.17 bits per heavy atom. The van der Waals surface area contributed by atoms with Gasteiger partial charge in [-0.05, 0) is 41.9 Å². The molecule has 2 N–H and O–H groups in total. The fourth-order valence-electron chi connectivity index (χ4n) is 1.49. The van der Waals surface area contributed by atoms with Crippen LogP contribution in [0.1, 0.15) is 13.8 Å². The van der Waals surface area contributed by atoms with Crippen molar-refractivity contribution in [2.45, 2.75) is 20.0 Å². The molecule has 100 valence electrons. The van der Waals surface area contributed by atoms with Gasteiger partial charge in [0.1, 0.15) is 0 Å². The predicted molar refractivity (Wildman–Crippen MR) is 76.7 cm³/mol. The topological polar surface area (TPSA) is 50.4 Å². The minimum Gasteiger partial charge on any atom is -0.377 e. The number of benzene rings is 1. The molecular formula is C13H19BrN2O2. The molecule has 0 aromatic heterocycles. The first-order chi connectivity index (χ1) is 8.63. The average Bonchev–Trinajstić information content (AvgIpc) is 2.32. The van der Waals surface area contributed by atoms with Crippen molar-refractivity contribution in [3.05, 3.63) is 28.7 Å². The number of ether oxygens (including phenoxy) is 1. The molecule has 0 saturated carbocycles. The number of amides is 1. The lowest BCUT2D eigenvalue weighted by atomic mass is 10.3. The van der Waals surface area contributed by atoms with E-state index in [1.54, 1.807) is 0 Å². The summed E-state index contributed by atoms with van der Waals surface area (Å²) in [4.78, 5) is 11.7. The van der Waals surface area contributed by atoms with Crippen LogP contribution in [-0.4, -0.2) is 31.7 Å². The Balaban J connectivity index is 2.28. The number of para-hydroxylation sites is 1. The number of carbonyl (C=O) groups excluding carboxylic acids is 1. The first-order valence-electron chi connectivity index (χ1n) is 6.00. The van der Waals surface area contributed by atoms with Crippen molar-refractivity contribution in [3.63, 3.8) is 0 Å². The Morgan fingerprint density at radius 1 is 1.44 bits per heavy atom. The number of halogens is 1. The summed E-state index contributed by atoms with van der Waals surface area (Å²) in [5.41, 5.74) is 0.780. The van der Waals surface area contributed by atoms with Crippen LogP contribution >= 0.6 is 15.9 Å². The third kappa shape index (κ3) is 5.62. The highest BCUT2D eigenvalue weighted by Gasteiger charge is 2.06. The smallest absolute Gasteiger partial charge is 0.238 e. The Kier molecular flexibility index (Phi) is 6.93. The largest absolute Gasteiger partial charge is 0.377 e. The first-order valence-corrected chi connectivity index (χ1v) is 6.79. The van der Waals surface area contributed by atoms with Gasteiger partial charge in [0.2, 0.25) is 5.91 Å². The third-order valence-corrected chi connectivity index (χ3v) is 3.01. The third-order valence-electron chi connectivity index (χ3n) is 2.32. The second-order valence-electron chi connectivity index (χ2n) is 3.92. The maximum absolute atomic E-state index is 11.7. The maximum atomic E-state index is 11.7.